The fourth-order valence-corrected chi connectivity index (χ4v) is 2.85. The van der Waals surface area contributed by atoms with Gasteiger partial charge in [-0.25, -0.2) is 4.98 Å². The number of hydrogen-bond donors (Lipinski definition) is 2. The lowest BCUT2D eigenvalue weighted by Gasteiger charge is -2.27. The number of nitrogens with one attached hydrogen (secondary N) is 2. The average Bonchev–Trinajstić information content (AvgIpc) is 2.56. The van der Waals surface area contributed by atoms with Crippen LogP contribution in [0, 0.1) is 0 Å². The molecule has 1 fully saturated rings. The van der Waals surface area contributed by atoms with Gasteiger partial charge >= 0.3 is 0 Å². The number of piperidine rings is 1. The Morgan fingerprint density at radius 3 is 2.73 bits per heavy atom. The van der Waals surface area contributed by atoms with Crippen molar-refractivity contribution < 1.29 is 0 Å². The van der Waals surface area contributed by atoms with E-state index in [0.29, 0.717) is 0 Å². The molecule has 5 nitrogen and oxygen atoms in total. The standard InChI is InChI=1S/C17H22N4O/c1-13(14-7-8-18-17(22)11-14)20-15-5-6-16(19-12-15)21-9-3-2-4-10-21/h5-8,11-13,20H,2-4,9-10H2,1H3,(H,18,22). The van der Waals surface area contributed by atoms with Crippen LogP contribution in [0.3, 0.4) is 0 Å². The molecule has 2 aromatic rings. The summed E-state index contributed by atoms with van der Waals surface area (Å²) in [4.78, 5) is 20.9. The first kappa shape index (κ1) is 14.6. The topological polar surface area (TPSA) is 61.0 Å². The summed E-state index contributed by atoms with van der Waals surface area (Å²) in [6.07, 6.45) is 7.37. The minimum Gasteiger partial charge on any atom is -0.377 e. The molecule has 3 rings (SSSR count). The van der Waals surface area contributed by atoms with Crippen LogP contribution in [0.4, 0.5) is 11.5 Å². The van der Waals surface area contributed by atoms with E-state index in [0.717, 1.165) is 30.2 Å². The lowest BCUT2D eigenvalue weighted by Crippen LogP contribution is -2.30. The third-order valence-corrected chi connectivity index (χ3v) is 4.11. The van der Waals surface area contributed by atoms with Crippen LogP contribution in [0.1, 0.15) is 37.8 Å². The number of aromatic amines is 1. The second-order valence-electron chi connectivity index (χ2n) is 5.81. The number of hydrogen-bond acceptors (Lipinski definition) is 4. The van der Waals surface area contributed by atoms with Crippen LogP contribution in [0.15, 0.2) is 41.5 Å². The summed E-state index contributed by atoms with van der Waals surface area (Å²) in [5, 5.41) is 3.38. The second-order valence-corrected chi connectivity index (χ2v) is 5.81. The molecule has 1 aliphatic rings. The minimum absolute atomic E-state index is 0.0601. The van der Waals surface area contributed by atoms with Crippen molar-refractivity contribution in [3.8, 4) is 0 Å². The fraction of sp³-hybridized carbons (Fsp3) is 0.412. The number of anilines is 2. The highest BCUT2D eigenvalue weighted by atomic mass is 16.1. The third-order valence-electron chi connectivity index (χ3n) is 4.11. The predicted octanol–water partition coefficient (Wildman–Crippen LogP) is 2.93. The minimum atomic E-state index is -0.0790. The molecule has 0 aromatic carbocycles. The van der Waals surface area contributed by atoms with Crippen LogP contribution in [-0.4, -0.2) is 23.1 Å². The van der Waals surface area contributed by atoms with Crippen molar-refractivity contribution in [2.75, 3.05) is 23.3 Å². The molecule has 0 saturated carbocycles. The zero-order chi connectivity index (χ0) is 15.4. The van der Waals surface area contributed by atoms with Crippen molar-refractivity contribution in [2.24, 2.45) is 0 Å². The molecule has 2 aromatic heterocycles. The Morgan fingerprint density at radius 2 is 2.05 bits per heavy atom. The van der Waals surface area contributed by atoms with E-state index in [-0.39, 0.29) is 11.6 Å². The summed E-state index contributed by atoms with van der Waals surface area (Å²) in [5.74, 6) is 1.05. The van der Waals surface area contributed by atoms with Crippen molar-refractivity contribution in [3.05, 3.63) is 52.6 Å². The molecule has 1 aliphatic heterocycles. The van der Waals surface area contributed by atoms with Crippen LogP contribution < -0.4 is 15.8 Å². The van der Waals surface area contributed by atoms with Crippen LogP contribution >= 0.6 is 0 Å². The van der Waals surface area contributed by atoms with Crippen molar-refractivity contribution in [1.29, 1.82) is 0 Å². The van der Waals surface area contributed by atoms with Gasteiger partial charge in [-0.3, -0.25) is 4.79 Å². The van der Waals surface area contributed by atoms with Gasteiger partial charge in [-0.2, -0.15) is 0 Å². The highest BCUT2D eigenvalue weighted by Crippen LogP contribution is 2.21. The first-order valence-corrected chi connectivity index (χ1v) is 7.88. The second kappa shape index (κ2) is 6.64. The lowest BCUT2D eigenvalue weighted by molar-refractivity contribution is 0.573. The van der Waals surface area contributed by atoms with Gasteiger partial charge in [0.15, 0.2) is 0 Å². The third kappa shape index (κ3) is 3.47. The first-order chi connectivity index (χ1) is 10.7. The largest absolute Gasteiger partial charge is 0.377 e. The van der Waals surface area contributed by atoms with Gasteiger partial charge in [0.2, 0.25) is 5.56 Å². The molecule has 0 spiro atoms. The molecular weight excluding hydrogens is 276 g/mol. The summed E-state index contributed by atoms with van der Waals surface area (Å²) < 4.78 is 0. The van der Waals surface area contributed by atoms with Crippen molar-refractivity contribution in [1.82, 2.24) is 9.97 Å². The highest BCUT2D eigenvalue weighted by molar-refractivity contribution is 5.50. The van der Waals surface area contributed by atoms with Gasteiger partial charge in [0, 0.05) is 31.4 Å². The maximum atomic E-state index is 11.4. The molecule has 116 valence electrons. The molecule has 2 N–H and O–H groups in total. The average molecular weight is 298 g/mol. The number of H-pyrrole nitrogens is 1. The number of rotatable bonds is 4. The van der Waals surface area contributed by atoms with Crippen molar-refractivity contribution in [2.45, 2.75) is 32.2 Å². The summed E-state index contributed by atoms with van der Waals surface area (Å²) in [7, 11) is 0. The van der Waals surface area contributed by atoms with Crippen molar-refractivity contribution in [3.63, 3.8) is 0 Å². The molecule has 0 bridgehead atoms. The monoisotopic (exact) mass is 298 g/mol. The SMILES string of the molecule is CC(Nc1ccc(N2CCCCC2)nc1)c1cc[nH]c(=O)c1. The van der Waals surface area contributed by atoms with E-state index in [4.69, 9.17) is 0 Å². The Labute approximate surface area is 130 Å². The fourth-order valence-electron chi connectivity index (χ4n) is 2.85. The summed E-state index contributed by atoms with van der Waals surface area (Å²) in [6.45, 7) is 4.24. The Bertz CT molecular complexity index is 659. The predicted molar refractivity (Wildman–Crippen MR) is 89.4 cm³/mol. The molecule has 0 radical (unpaired) electrons. The van der Waals surface area contributed by atoms with E-state index < -0.39 is 0 Å². The maximum Gasteiger partial charge on any atom is 0.248 e. The van der Waals surface area contributed by atoms with E-state index in [1.807, 2.05) is 19.2 Å². The Morgan fingerprint density at radius 1 is 1.23 bits per heavy atom. The molecule has 1 unspecified atom stereocenters. The van der Waals surface area contributed by atoms with Crippen LogP contribution in [0.5, 0.6) is 0 Å². The number of nitrogens with zero attached hydrogens (tertiary/aromatic N) is 2. The van der Waals surface area contributed by atoms with E-state index >= 15 is 0 Å². The molecule has 0 aliphatic carbocycles. The molecule has 3 heterocycles. The quantitative estimate of drug-likeness (QED) is 0.911. The highest BCUT2D eigenvalue weighted by Gasteiger charge is 2.12. The number of pyridine rings is 2. The van der Waals surface area contributed by atoms with Gasteiger partial charge in [0.05, 0.1) is 11.9 Å². The van der Waals surface area contributed by atoms with Crippen LogP contribution in [-0.2, 0) is 0 Å². The van der Waals surface area contributed by atoms with Gasteiger partial charge in [0.1, 0.15) is 5.82 Å². The Hall–Kier alpha value is -2.30. The van der Waals surface area contributed by atoms with E-state index in [9.17, 15) is 4.79 Å². The van der Waals surface area contributed by atoms with E-state index in [1.165, 1.54) is 19.3 Å². The van der Waals surface area contributed by atoms with Gasteiger partial charge in [-0.1, -0.05) is 0 Å². The zero-order valence-corrected chi connectivity index (χ0v) is 12.9. The van der Waals surface area contributed by atoms with Gasteiger partial charge in [-0.15, -0.1) is 0 Å². The summed E-state index contributed by atoms with van der Waals surface area (Å²) >= 11 is 0. The zero-order valence-electron chi connectivity index (χ0n) is 12.9. The summed E-state index contributed by atoms with van der Waals surface area (Å²) in [5.41, 5.74) is 1.85. The van der Waals surface area contributed by atoms with Gasteiger partial charge in [-0.05, 0) is 49.9 Å². The van der Waals surface area contributed by atoms with Gasteiger partial charge in [0.25, 0.3) is 0 Å². The molecule has 0 amide bonds. The summed E-state index contributed by atoms with van der Waals surface area (Å²) in [6, 6.07) is 7.71. The first-order valence-electron chi connectivity index (χ1n) is 7.88. The Balaban J connectivity index is 1.66. The lowest BCUT2D eigenvalue weighted by atomic mass is 10.1. The maximum absolute atomic E-state index is 11.4. The number of aromatic nitrogens is 2. The molecule has 1 saturated heterocycles. The van der Waals surface area contributed by atoms with E-state index in [2.05, 4.69) is 32.3 Å². The Kier molecular flexibility index (Phi) is 4.42. The van der Waals surface area contributed by atoms with Crippen LogP contribution in [0.2, 0.25) is 0 Å². The normalized spacial score (nSPS) is 16.3. The molecule has 5 heteroatoms. The molecule has 22 heavy (non-hydrogen) atoms. The molecular formula is C17H22N4O. The smallest absolute Gasteiger partial charge is 0.248 e. The molecule has 1 atom stereocenters. The van der Waals surface area contributed by atoms with Gasteiger partial charge < -0.3 is 15.2 Å². The van der Waals surface area contributed by atoms with Crippen LogP contribution in [0.25, 0.3) is 0 Å². The van der Waals surface area contributed by atoms with E-state index in [1.54, 1.807) is 12.3 Å². The van der Waals surface area contributed by atoms with Crippen molar-refractivity contribution >= 4 is 11.5 Å².